The SMILES string of the molecule is C=CCCC1CCC(c2cc3c(c(F)c2F)-c2c-3ccc(C3CCC(OCCCC)CC3)c2F)CC1. The Morgan fingerprint density at radius 1 is 0.833 bits per heavy atom. The lowest BCUT2D eigenvalue weighted by molar-refractivity contribution is 0.0230. The molecule has 2 aromatic carbocycles. The lowest BCUT2D eigenvalue weighted by Crippen LogP contribution is -2.22. The molecule has 5 rings (SSSR count). The van der Waals surface area contributed by atoms with Crippen molar-refractivity contribution in [2.24, 2.45) is 5.92 Å². The summed E-state index contributed by atoms with van der Waals surface area (Å²) in [4.78, 5) is 0. The average molecular weight is 497 g/mol. The van der Waals surface area contributed by atoms with Gasteiger partial charge in [-0.1, -0.05) is 31.6 Å². The first kappa shape index (κ1) is 25.6. The molecule has 0 unspecified atom stereocenters. The van der Waals surface area contributed by atoms with E-state index >= 15 is 13.2 Å². The third kappa shape index (κ3) is 4.78. The molecule has 0 amide bonds. The molecule has 0 bridgehead atoms. The van der Waals surface area contributed by atoms with Crippen LogP contribution < -0.4 is 0 Å². The Hall–Kier alpha value is -2.07. The van der Waals surface area contributed by atoms with Crippen LogP contribution >= 0.6 is 0 Å². The summed E-state index contributed by atoms with van der Waals surface area (Å²) in [6.07, 6.45) is 13.9. The largest absolute Gasteiger partial charge is 0.378 e. The summed E-state index contributed by atoms with van der Waals surface area (Å²) in [5, 5.41) is 0. The molecule has 4 heteroatoms. The second-order valence-corrected chi connectivity index (χ2v) is 11.2. The van der Waals surface area contributed by atoms with Gasteiger partial charge in [-0.05, 0) is 117 Å². The van der Waals surface area contributed by atoms with Crippen molar-refractivity contribution in [2.45, 2.75) is 102 Å². The molecule has 36 heavy (non-hydrogen) atoms. The van der Waals surface area contributed by atoms with Gasteiger partial charge in [0.15, 0.2) is 11.6 Å². The molecular formula is C32H39F3O. The molecule has 0 aliphatic heterocycles. The van der Waals surface area contributed by atoms with Gasteiger partial charge in [0.1, 0.15) is 5.82 Å². The van der Waals surface area contributed by atoms with Crippen LogP contribution in [0.5, 0.6) is 0 Å². The first-order valence-corrected chi connectivity index (χ1v) is 14.1. The van der Waals surface area contributed by atoms with E-state index in [0.29, 0.717) is 22.6 Å². The number of hydrogen-bond acceptors (Lipinski definition) is 1. The van der Waals surface area contributed by atoms with E-state index in [1.54, 1.807) is 0 Å². The third-order valence-electron chi connectivity index (χ3n) is 8.98. The highest BCUT2D eigenvalue weighted by molar-refractivity contribution is 6.03. The number of allylic oxidation sites excluding steroid dienone is 1. The highest BCUT2D eigenvalue weighted by Gasteiger charge is 2.37. The Morgan fingerprint density at radius 3 is 2.19 bits per heavy atom. The number of benzene rings is 2. The highest BCUT2D eigenvalue weighted by atomic mass is 19.2. The van der Waals surface area contributed by atoms with Gasteiger partial charge >= 0.3 is 0 Å². The predicted octanol–water partition coefficient (Wildman–Crippen LogP) is 9.83. The summed E-state index contributed by atoms with van der Waals surface area (Å²) in [7, 11) is 0. The number of fused-ring (bicyclic) bond motifs is 4. The van der Waals surface area contributed by atoms with Gasteiger partial charge in [-0.3, -0.25) is 0 Å². The lowest BCUT2D eigenvalue weighted by Gasteiger charge is -2.33. The van der Waals surface area contributed by atoms with Crippen LogP contribution in [0.2, 0.25) is 0 Å². The van der Waals surface area contributed by atoms with Crippen LogP contribution in [0.4, 0.5) is 13.2 Å². The van der Waals surface area contributed by atoms with Crippen molar-refractivity contribution in [3.63, 3.8) is 0 Å². The third-order valence-corrected chi connectivity index (χ3v) is 8.98. The summed E-state index contributed by atoms with van der Waals surface area (Å²) in [5.41, 5.74) is 2.94. The molecule has 3 aliphatic rings. The Labute approximate surface area is 214 Å². The predicted molar refractivity (Wildman–Crippen MR) is 141 cm³/mol. The van der Waals surface area contributed by atoms with Gasteiger partial charge < -0.3 is 4.74 Å². The number of unbranched alkanes of at least 4 members (excludes halogenated alkanes) is 1. The molecule has 2 fully saturated rings. The quantitative estimate of drug-likeness (QED) is 0.212. The van der Waals surface area contributed by atoms with Crippen molar-refractivity contribution in [3.05, 3.63) is 59.4 Å². The zero-order valence-corrected chi connectivity index (χ0v) is 21.6. The van der Waals surface area contributed by atoms with Gasteiger partial charge in [0.2, 0.25) is 0 Å². The second kappa shape index (κ2) is 11.1. The van der Waals surface area contributed by atoms with Crippen molar-refractivity contribution in [2.75, 3.05) is 6.61 Å². The number of ether oxygens (including phenoxy) is 1. The minimum absolute atomic E-state index is 0.0349. The van der Waals surface area contributed by atoms with E-state index in [9.17, 15) is 0 Å². The first-order chi connectivity index (χ1) is 17.5. The zero-order chi connectivity index (χ0) is 25.2. The van der Waals surface area contributed by atoms with E-state index in [-0.39, 0.29) is 34.9 Å². The molecular weight excluding hydrogens is 457 g/mol. The maximum absolute atomic E-state index is 15.7. The molecule has 194 valence electrons. The van der Waals surface area contributed by atoms with Crippen LogP contribution in [0, 0.1) is 23.4 Å². The molecule has 0 saturated heterocycles. The van der Waals surface area contributed by atoms with E-state index in [1.165, 1.54) is 0 Å². The van der Waals surface area contributed by atoms with E-state index in [1.807, 2.05) is 24.3 Å². The second-order valence-electron chi connectivity index (χ2n) is 11.2. The molecule has 0 N–H and O–H groups in total. The number of halogens is 3. The van der Waals surface area contributed by atoms with Crippen LogP contribution in [0.1, 0.15) is 107 Å². The van der Waals surface area contributed by atoms with Gasteiger partial charge in [0.25, 0.3) is 0 Å². The van der Waals surface area contributed by atoms with E-state index < -0.39 is 11.6 Å². The fourth-order valence-electron chi connectivity index (χ4n) is 6.76. The maximum Gasteiger partial charge on any atom is 0.167 e. The Balaban J connectivity index is 1.31. The molecule has 0 heterocycles. The first-order valence-electron chi connectivity index (χ1n) is 14.1. The van der Waals surface area contributed by atoms with Gasteiger partial charge in [0, 0.05) is 17.7 Å². The normalized spacial score (nSPS) is 25.1. The Bertz CT molecular complexity index is 1090. The summed E-state index contributed by atoms with van der Waals surface area (Å²) in [6, 6.07) is 5.61. The molecule has 1 nitrogen and oxygen atoms in total. The number of hydrogen-bond donors (Lipinski definition) is 0. The molecule has 3 aliphatic carbocycles. The van der Waals surface area contributed by atoms with E-state index in [0.717, 1.165) is 89.2 Å². The Kier molecular flexibility index (Phi) is 7.90. The minimum atomic E-state index is -0.868. The monoisotopic (exact) mass is 496 g/mol. The van der Waals surface area contributed by atoms with Crippen LogP contribution in [0.3, 0.4) is 0 Å². The van der Waals surface area contributed by atoms with Gasteiger partial charge in [0.05, 0.1) is 6.10 Å². The average Bonchev–Trinajstić information content (AvgIpc) is 2.89. The highest BCUT2D eigenvalue weighted by Crippen LogP contribution is 2.54. The van der Waals surface area contributed by atoms with Gasteiger partial charge in [-0.15, -0.1) is 6.58 Å². The van der Waals surface area contributed by atoms with Crippen molar-refractivity contribution >= 4 is 0 Å². The lowest BCUT2D eigenvalue weighted by atomic mass is 9.72. The smallest absolute Gasteiger partial charge is 0.167 e. The summed E-state index contributed by atoms with van der Waals surface area (Å²) >= 11 is 0. The fraction of sp³-hybridized carbons (Fsp3) is 0.562. The van der Waals surface area contributed by atoms with E-state index in [4.69, 9.17) is 4.74 Å². The standard InChI is InChI=1S/C32H39F3O/c1-3-5-7-20-8-10-22(11-9-20)26-19-27-25-17-16-24(30(33)28(25)29(27)32(35)31(26)34)21-12-14-23(15-13-21)36-18-6-4-2/h3,16-17,19-23H,1,4-15,18H2,2H3. The van der Waals surface area contributed by atoms with Crippen molar-refractivity contribution in [3.8, 4) is 22.3 Å². The summed E-state index contributed by atoms with van der Waals surface area (Å²) in [6.45, 7) is 6.74. The summed E-state index contributed by atoms with van der Waals surface area (Å²) in [5.74, 6) is -1.22. The summed E-state index contributed by atoms with van der Waals surface area (Å²) < 4.78 is 52.3. The van der Waals surface area contributed by atoms with Crippen LogP contribution in [0.15, 0.2) is 30.9 Å². The van der Waals surface area contributed by atoms with Crippen LogP contribution in [-0.4, -0.2) is 12.7 Å². The van der Waals surface area contributed by atoms with Crippen LogP contribution in [-0.2, 0) is 4.74 Å². The zero-order valence-electron chi connectivity index (χ0n) is 21.6. The molecule has 0 aromatic heterocycles. The van der Waals surface area contributed by atoms with Crippen molar-refractivity contribution in [1.29, 1.82) is 0 Å². The fourth-order valence-corrected chi connectivity index (χ4v) is 6.76. The molecule has 2 saturated carbocycles. The maximum atomic E-state index is 15.7. The Morgan fingerprint density at radius 2 is 1.50 bits per heavy atom. The van der Waals surface area contributed by atoms with Crippen molar-refractivity contribution in [1.82, 2.24) is 0 Å². The number of rotatable bonds is 9. The van der Waals surface area contributed by atoms with Crippen molar-refractivity contribution < 1.29 is 17.9 Å². The molecule has 0 radical (unpaired) electrons. The molecule has 0 atom stereocenters. The van der Waals surface area contributed by atoms with E-state index in [2.05, 4.69) is 13.5 Å². The topological polar surface area (TPSA) is 9.23 Å². The van der Waals surface area contributed by atoms with Crippen LogP contribution in [0.25, 0.3) is 22.3 Å². The minimum Gasteiger partial charge on any atom is -0.378 e. The molecule has 0 spiro atoms. The molecule has 2 aromatic rings. The van der Waals surface area contributed by atoms with Gasteiger partial charge in [-0.25, -0.2) is 13.2 Å². The van der Waals surface area contributed by atoms with Gasteiger partial charge in [-0.2, -0.15) is 0 Å².